The third-order valence-electron chi connectivity index (χ3n) is 5.59. The minimum absolute atomic E-state index is 0.476. The van der Waals surface area contributed by atoms with Gasteiger partial charge < -0.3 is 67.9 Å². The molecule has 1 rings (SSSR count). The minimum Gasteiger partial charge on any atom is -0.491 e. The summed E-state index contributed by atoms with van der Waals surface area (Å²) in [5, 5.41) is 3.02. The van der Waals surface area contributed by atoms with Crippen LogP contribution in [0.5, 0.6) is 5.75 Å². The van der Waals surface area contributed by atoms with E-state index in [-0.39, 0.29) is 0 Å². The lowest BCUT2D eigenvalue weighted by Gasteiger charge is -2.09. The number of benzene rings is 1. The third kappa shape index (κ3) is 32.1. The second-order valence-electron chi connectivity index (χ2n) is 9.26. The van der Waals surface area contributed by atoms with Crippen LogP contribution in [-0.2, 0) is 52.1 Å². The molecular formula is C31H58N2O12. The van der Waals surface area contributed by atoms with Gasteiger partial charge in [0.1, 0.15) is 12.4 Å². The quantitative estimate of drug-likeness (QED) is 0.0781. The summed E-state index contributed by atoms with van der Waals surface area (Å²) in [7, 11) is 1.89. The van der Waals surface area contributed by atoms with Gasteiger partial charge in [0.2, 0.25) is 0 Å². The van der Waals surface area contributed by atoms with Gasteiger partial charge in [-0.1, -0.05) is 0 Å². The molecular weight excluding hydrogens is 592 g/mol. The number of likely N-dealkylation sites (N-methyl/N-ethyl adjacent to an activating group) is 1. The molecule has 0 aliphatic heterocycles. The molecule has 0 saturated heterocycles. The largest absolute Gasteiger partial charge is 0.491 e. The lowest BCUT2D eigenvalue weighted by molar-refractivity contribution is -0.0277. The van der Waals surface area contributed by atoms with Crippen LogP contribution in [0.4, 0.5) is 5.69 Å². The van der Waals surface area contributed by atoms with E-state index in [1.54, 1.807) is 12.1 Å². The maximum Gasteiger partial charge on any atom is 0.119 e. The lowest BCUT2D eigenvalue weighted by Crippen LogP contribution is -2.17. The van der Waals surface area contributed by atoms with E-state index in [1.165, 1.54) is 0 Å². The first-order valence-electron chi connectivity index (χ1n) is 15.8. The van der Waals surface area contributed by atoms with Gasteiger partial charge in [-0.2, -0.15) is 0 Å². The molecule has 0 aliphatic carbocycles. The van der Waals surface area contributed by atoms with Crippen molar-refractivity contribution in [1.82, 2.24) is 5.32 Å². The van der Waals surface area contributed by atoms with Crippen LogP contribution in [0.15, 0.2) is 24.3 Å². The SMILES string of the molecule is CNCCOCCOCCOCCOCCOCCOCCOCCOCCOCCOCCOCCOc1ccc(N)cc1. The third-order valence-corrected chi connectivity index (χ3v) is 5.59. The van der Waals surface area contributed by atoms with E-state index in [0.29, 0.717) is 158 Å². The fourth-order valence-corrected chi connectivity index (χ4v) is 3.26. The second kappa shape index (κ2) is 35.2. The Bertz CT molecular complexity index is 706. The van der Waals surface area contributed by atoms with Gasteiger partial charge in [-0.05, 0) is 31.3 Å². The summed E-state index contributed by atoms with van der Waals surface area (Å²) in [6.45, 7) is 13.0. The normalized spacial score (nSPS) is 11.4. The highest BCUT2D eigenvalue weighted by Gasteiger charge is 1.97. The average Bonchev–Trinajstić information content (AvgIpc) is 3.05. The topological polar surface area (TPSA) is 149 Å². The average molecular weight is 651 g/mol. The van der Waals surface area contributed by atoms with Crippen molar-refractivity contribution in [1.29, 1.82) is 0 Å². The van der Waals surface area contributed by atoms with Gasteiger partial charge in [0, 0.05) is 12.2 Å². The van der Waals surface area contributed by atoms with Gasteiger partial charge in [-0.25, -0.2) is 0 Å². The maximum atomic E-state index is 5.64. The van der Waals surface area contributed by atoms with Crippen LogP contribution >= 0.6 is 0 Å². The molecule has 0 atom stereocenters. The fraction of sp³-hybridized carbons (Fsp3) is 0.806. The monoisotopic (exact) mass is 650 g/mol. The number of nitrogen functional groups attached to an aromatic ring is 1. The molecule has 0 fully saturated rings. The van der Waals surface area contributed by atoms with E-state index in [9.17, 15) is 0 Å². The molecule has 0 aliphatic rings. The molecule has 0 aromatic heterocycles. The number of hydrogen-bond acceptors (Lipinski definition) is 14. The van der Waals surface area contributed by atoms with Crippen molar-refractivity contribution in [2.75, 3.05) is 171 Å². The number of hydrogen-bond donors (Lipinski definition) is 2. The summed E-state index contributed by atoms with van der Waals surface area (Å²) in [5.74, 6) is 0.772. The van der Waals surface area contributed by atoms with Gasteiger partial charge in [0.25, 0.3) is 0 Å². The highest BCUT2D eigenvalue weighted by Crippen LogP contribution is 2.12. The molecule has 1 aromatic carbocycles. The van der Waals surface area contributed by atoms with E-state index in [1.807, 2.05) is 19.2 Å². The smallest absolute Gasteiger partial charge is 0.119 e. The standard InChI is InChI=1S/C31H58N2O12/c1-33-6-7-34-8-9-35-10-11-36-12-13-37-14-15-38-16-17-39-18-19-40-20-21-41-22-23-42-24-25-43-26-27-44-28-29-45-31-4-2-30(32)3-5-31/h2-5,33H,6-29,32H2,1H3. The summed E-state index contributed by atoms with van der Waals surface area (Å²) < 4.78 is 65.6. The van der Waals surface area contributed by atoms with Crippen molar-refractivity contribution in [3.05, 3.63) is 24.3 Å². The summed E-state index contributed by atoms with van der Waals surface area (Å²) in [5.41, 5.74) is 6.35. The van der Waals surface area contributed by atoms with E-state index in [2.05, 4.69) is 5.32 Å². The first kappa shape index (κ1) is 41.4. The van der Waals surface area contributed by atoms with Crippen molar-refractivity contribution in [2.24, 2.45) is 0 Å². The predicted octanol–water partition coefficient (Wildman–Crippen LogP) is 1.05. The Morgan fingerprint density at radius 3 is 0.889 bits per heavy atom. The molecule has 14 heteroatoms. The molecule has 0 bridgehead atoms. The van der Waals surface area contributed by atoms with Gasteiger partial charge in [0.05, 0.1) is 145 Å². The molecule has 3 N–H and O–H groups in total. The Morgan fingerprint density at radius 2 is 0.622 bits per heavy atom. The van der Waals surface area contributed by atoms with Crippen LogP contribution in [0.3, 0.4) is 0 Å². The first-order chi connectivity index (χ1) is 22.3. The molecule has 45 heavy (non-hydrogen) atoms. The maximum absolute atomic E-state index is 5.64. The van der Waals surface area contributed by atoms with Crippen LogP contribution in [0.2, 0.25) is 0 Å². The summed E-state index contributed by atoms with van der Waals surface area (Å²) >= 11 is 0. The van der Waals surface area contributed by atoms with Crippen LogP contribution in [-0.4, -0.2) is 166 Å². The molecule has 0 spiro atoms. The van der Waals surface area contributed by atoms with Crippen LogP contribution in [0.25, 0.3) is 0 Å². The minimum atomic E-state index is 0.476. The number of rotatable bonds is 37. The summed E-state index contributed by atoms with van der Waals surface area (Å²) in [6, 6.07) is 7.27. The molecule has 0 radical (unpaired) electrons. The van der Waals surface area contributed by atoms with E-state index < -0.39 is 0 Å². The highest BCUT2D eigenvalue weighted by atomic mass is 16.6. The first-order valence-corrected chi connectivity index (χ1v) is 15.8. The van der Waals surface area contributed by atoms with E-state index in [0.717, 1.165) is 12.3 Å². The fourth-order valence-electron chi connectivity index (χ4n) is 3.26. The van der Waals surface area contributed by atoms with Crippen molar-refractivity contribution in [3.63, 3.8) is 0 Å². The molecule has 0 saturated carbocycles. The van der Waals surface area contributed by atoms with E-state index >= 15 is 0 Å². The summed E-state index contributed by atoms with van der Waals surface area (Å²) in [6.07, 6.45) is 0. The predicted molar refractivity (Wildman–Crippen MR) is 169 cm³/mol. The Morgan fingerprint density at radius 1 is 0.378 bits per heavy atom. The van der Waals surface area contributed by atoms with Crippen molar-refractivity contribution in [3.8, 4) is 5.75 Å². The molecule has 0 unspecified atom stereocenters. The summed E-state index contributed by atoms with van der Waals surface area (Å²) in [4.78, 5) is 0. The van der Waals surface area contributed by atoms with Gasteiger partial charge in [-0.3, -0.25) is 0 Å². The molecule has 264 valence electrons. The Hall–Kier alpha value is -1.66. The molecule has 0 amide bonds. The Kier molecular flexibility index (Phi) is 32.4. The van der Waals surface area contributed by atoms with Crippen LogP contribution in [0.1, 0.15) is 0 Å². The van der Waals surface area contributed by atoms with Crippen molar-refractivity contribution < 1.29 is 56.8 Å². The Balaban J connectivity index is 1.62. The van der Waals surface area contributed by atoms with E-state index in [4.69, 9.17) is 62.6 Å². The van der Waals surface area contributed by atoms with Gasteiger partial charge >= 0.3 is 0 Å². The van der Waals surface area contributed by atoms with Gasteiger partial charge in [0.15, 0.2) is 0 Å². The lowest BCUT2D eigenvalue weighted by atomic mass is 10.3. The zero-order chi connectivity index (χ0) is 32.1. The van der Waals surface area contributed by atoms with Crippen LogP contribution in [0, 0.1) is 0 Å². The molecule has 0 heterocycles. The van der Waals surface area contributed by atoms with Gasteiger partial charge in [-0.15, -0.1) is 0 Å². The second-order valence-corrected chi connectivity index (χ2v) is 9.26. The molecule has 14 nitrogen and oxygen atoms in total. The Labute approximate surface area is 269 Å². The van der Waals surface area contributed by atoms with Crippen LogP contribution < -0.4 is 15.8 Å². The number of nitrogens with one attached hydrogen (secondary N) is 1. The number of nitrogens with two attached hydrogens (primary N) is 1. The number of anilines is 1. The van der Waals surface area contributed by atoms with Crippen molar-refractivity contribution >= 4 is 5.69 Å². The zero-order valence-corrected chi connectivity index (χ0v) is 27.3. The zero-order valence-electron chi connectivity index (χ0n) is 27.3. The highest BCUT2D eigenvalue weighted by molar-refractivity contribution is 5.41. The number of ether oxygens (including phenoxy) is 12. The van der Waals surface area contributed by atoms with Crippen molar-refractivity contribution in [2.45, 2.75) is 0 Å². The molecule has 1 aromatic rings.